The number of carbonyl (C=O) groups excluding carboxylic acids is 1. The molecule has 88 valence electrons. The highest BCUT2D eigenvalue weighted by molar-refractivity contribution is 5.78. The molecule has 1 amide bonds. The van der Waals surface area contributed by atoms with Gasteiger partial charge in [0.15, 0.2) is 0 Å². The average molecular weight is 227 g/mol. The van der Waals surface area contributed by atoms with E-state index in [2.05, 4.69) is 5.32 Å². The number of nitrogens with one attached hydrogen (secondary N) is 1. The minimum absolute atomic E-state index is 0.108. The average Bonchev–Trinajstić information content (AvgIpc) is 2.29. The molecule has 4 nitrogen and oxygen atoms in total. The Hall–Kier alpha value is -1.46. The van der Waals surface area contributed by atoms with Gasteiger partial charge >= 0.3 is 0 Å². The molecule has 0 unspecified atom stereocenters. The molecule has 0 radical (unpaired) electrons. The molecular formula is C11H14FNO3. The predicted octanol–water partition coefficient (Wildman–Crippen LogP) is -0.162. The molecule has 0 fully saturated rings. The van der Waals surface area contributed by atoms with Crippen molar-refractivity contribution >= 4 is 5.91 Å². The van der Waals surface area contributed by atoms with Crippen LogP contribution in [0.3, 0.4) is 0 Å². The van der Waals surface area contributed by atoms with Crippen molar-refractivity contribution in [2.24, 2.45) is 0 Å². The van der Waals surface area contributed by atoms with Gasteiger partial charge in [-0.15, -0.1) is 0 Å². The van der Waals surface area contributed by atoms with E-state index in [1.165, 1.54) is 12.1 Å². The zero-order valence-electron chi connectivity index (χ0n) is 8.69. The van der Waals surface area contributed by atoms with Crippen LogP contribution in [0, 0.1) is 5.82 Å². The first-order valence-electron chi connectivity index (χ1n) is 4.92. The fourth-order valence-electron chi connectivity index (χ4n) is 1.24. The van der Waals surface area contributed by atoms with Gasteiger partial charge in [0.2, 0.25) is 5.91 Å². The lowest BCUT2D eigenvalue weighted by Gasteiger charge is -2.13. The van der Waals surface area contributed by atoms with E-state index in [-0.39, 0.29) is 25.2 Å². The molecular weight excluding hydrogens is 213 g/mol. The number of carbonyl (C=O) groups is 1. The minimum atomic E-state index is -0.695. The third-order valence-electron chi connectivity index (χ3n) is 2.11. The van der Waals surface area contributed by atoms with Crippen LogP contribution < -0.4 is 5.32 Å². The summed E-state index contributed by atoms with van der Waals surface area (Å²) in [6, 6.07) is 5.28. The van der Waals surface area contributed by atoms with Crippen LogP contribution in [0.5, 0.6) is 0 Å². The first-order chi connectivity index (χ1) is 7.67. The topological polar surface area (TPSA) is 69.6 Å². The van der Waals surface area contributed by atoms with Crippen molar-refractivity contribution in [1.29, 1.82) is 0 Å². The highest BCUT2D eigenvalue weighted by Crippen LogP contribution is 2.06. The largest absolute Gasteiger partial charge is 0.394 e. The van der Waals surface area contributed by atoms with Gasteiger partial charge in [-0.25, -0.2) is 4.39 Å². The molecule has 5 heteroatoms. The van der Waals surface area contributed by atoms with Crippen LogP contribution in [-0.4, -0.2) is 35.4 Å². The summed E-state index contributed by atoms with van der Waals surface area (Å²) < 4.78 is 13.2. The van der Waals surface area contributed by atoms with Crippen LogP contribution in [0.15, 0.2) is 24.3 Å². The number of aliphatic hydroxyl groups is 2. The molecule has 1 rings (SSSR count). The van der Waals surface area contributed by atoms with Gasteiger partial charge < -0.3 is 15.5 Å². The highest BCUT2D eigenvalue weighted by atomic mass is 19.1. The van der Waals surface area contributed by atoms with Crippen molar-refractivity contribution in [1.82, 2.24) is 5.32 Å². The third-order valence-corrected chi connectivity index (χ3v) is 2.11. The van der Waals surface area contributed by atoms with E-state index in [1.54, 1.807) is 12.1 Å². The Morgan fingerprint density at radius 3 is 2.50 bits per heavy atom. The Morgan fingerprint density at radius 1 is 1.31 bits per heavy atom. The van der Waals surface area contributed by atoms with Crippen molar-refractivity contribution in [2.45, 2.75) is 12.5 Å². The second-order valence-electron chi connectivity index (χ2n) is 3.40. The number of halogens is 1. The standard InChI is InChI=1S/C11H14FNO3/c12-10-4-2-1-3-8(10)5-11(16)13-9(6-14)7-15/h1-4,9,14-15H,5-7H2,(H,13,16). The number of hydrogen-bond acceptors (Lipinski definition) is 3. The predicted molar refractivity (Wildman–Crippen MR) is 56.2 cm³/mol. The van der Waals surface area contributed by atoms with Crippen LogP contribution in [-0.2, 0) is 11.2 Å². The molecule has 0 spiro atoms. The number of benzene rings is 1. The fraction of sp³-hybridized carbons (Fsp3) is 0.364. The van der Waals surface area contributed by atoms with E-state index < -0.39 is 17.8 Å². The first-order valence-corrected chi connectivity index (χ1v) is 4.92. The summed E-state index contributed by atoms with van der Waals surface area (Å²) in [6.07, 6.45) is -0.108. The minimum Gasteiger partial charge on any atom is -0.394 e. The second-order valence-corrected chi connectivity index (χ2v) is 3.40. The van der Waals surface area contributed by atoms with Crippen LogP contribution in [0.25, 0.3) is 0 Å². The van der Waals surface area contributed by atoms with Crippen molar-refractivity contribution in [3.05, 3.63) is 35.6 Å². The van der Waals surface area contributed by atoms with Crippen molar-refractivity contribution in [2.75, 3.05) is 13.2 Å². The maximum absolute atomic E-state index is 13.2. The summed E-state index contributed by atoms with van der Waals surface area (Å²) in [5, 5.41) is 19.9. The number of aliphatic hydroxyl groups excluding tert-OH is 2. The summed E-state index contributed by atoms with van der Waals surface area (Å²) in [7, 11) is 0. The summed E-state index contributed by atoms with van der Waals surface area (Å²) >= 11 is 0. The molecule has 0 atom stereocenters. The van der Waals surface area contributed by atoms with Gasteiger partial charge in [-0.3, -0.25) is 4.79 Å². The second kappa shape index (κ2) is 6.19. The van der Waals surface area contributed by atoms with Crippen molar-refractivity contribution in [3.63, 3.8) is 0 Å². The van der Waals surface area contributed by atoms with Gasteiger partial charge in [0.25, 0.3) is 0 Å². The van der Waals surface area contributed by atoms with Crippen LogP contribution in [0.1, 0.15) is 5.56 Å². The molecule has 1 aromatic rings. The van der Waals surface area contributed by atoms with E-state index in [4.69, 9.17) is 10.2 Å². The normalized spacial score (nSPS) is 10.5. The third kappa shape index (κ3) is 3.60. The number of rotatable bonds is 5. The molecule has 0 heterocycles. The van der Waals surface area contributed by atoms with Gasteiger partial charge in [0.05, 0.1) is 25.7 Å². The molecule has 0 saturated heterocycles. The van der Waals surface area contributed by atoms with Crippen molar-refractivity contribution < 1.29 is 19.4 Å². The van der Waals surface area contributed by atoms with E-state index >= 15 is 0 Å². The van der Waals surface area contributed by atoms with E-state index in [1.807, 2.05) is 0 Å². The molecule has 0 bridgehead atoms. The Balaban J connectivity index is 2.55. The quantitative estimate of drug-likeness (QED) is 0.654. The summed E-state index contributed by atoms with van der Waals surface area (Å²) in [6.45, 7) is -0.695. The lowest BCUT2D eigenvalue weighted by atomic mass is 10.1. The lowest BCUT2D eigenvalue weighted by Crippen LogP contribution is -2.40. The highest BCUT2D eigenvalue weighted by Gasteiger charge is 2.12. The molecule has 0 saturated carbocycles. The lowest BCUT2D eigenvalue weighted by molar-refractivity contribution is -0.121. The molecule has 3 N–H and O–H groups in total. The van der Waals surface area contributed by atoms with Gasteiger partial charge in [-0.1, -0.05) is 18.2 Å². The zero-order valence-corrected chi connectivity index (χ0v) is 8.69. The van der Waals surface area contributed by atoms with E-state index in [9.17, 15) is 9.18 Å². The van der Waals surface area contributed by atoms with Gasteiger partial charge in [0, 0.05) is 0 Å². The zero-order chi connectivity index (χ0) is 12.0. The molecule has 1 aromatic carbocycles. The molecule has 16 heavy (non-hydrogen) atoms. The number of amides is 1. The Kier molecular flexibility index (Phi) is 4.88. The molecule has 0 aliphatic heterocycles. The van der Waals surface area contributed by atoms with E-state index in [0.717, 1.165) is 0 Å². The molecule has 0 aromatic heterocycles. The molecule has 0 aliphatic carbocycles. The summed E-state index contributed by atoms with van der Waals surface area (Å²) in [4.78, 5) is 11.4. The summed E-state index contributed by atoms with van der Waals surface area (Å²) in [5.41, 5.74) is 0.287. The van der Waals surface area contributed by atoms with E-state index in [0.29, 0.717) is 0 Å². The Labute approximate surface area is 92.7 Å². The van der Waals surface area contributed by atoms with Gasteiger partial charge in [-0.2, -0.15) is 0 Å². The SMILES string of the molecule is O=C(Cc1ccccc1F)NC(CO)CO. The smallest absolute Gasteiger partial charge is 0.224 e. The van der Waals surface area contributed by atoms with Gasteiger partial charge in [-0.05, 0) is 11.6 Å². The van der Waals surface area contributed by atoms with Crippen molar-refractivity contribution in [3.8, 4) is 0 Å². The summed E-state index contributed by atoms with van der Waals surface area (Å²) in [5.74, 6) is -0.875. The fourth-order valence-corrected chi connectivity index (χ4v) is 1.24. The van der Waals surface area contributed by atoms with Gasteiger partial charge in [0.1, 0.15) is 5.82 Å². The van der Waals surface area contributed by atoms with Crippen LogP contribution in [0.4, 0.5) is 4.39 Å². The maximum Gasteiger partial charge on any atom is 0.224 e. The van der Waals surface area contributed by atoms with Crippen LogP contribution in [0.2, 0.25) is 0 Å². The maximum atomic E-state index is 13.2. The Morgan fingerprint density at radius 2 is 1.94 bits per heavy atom. The molecule has 0 aliphatic rings. The Bertz CT molecular complexity index is 353. The first kappa shape index (κ1) is 12.6. The number of hydrogen-bond donors (Lipinski definition) is 3. The monoisotopic (exact) mass is 227 g/mol. The van der Waals surface area contributed by atoms with Crippen LogP contribution >= 0.6 is 0 Å².